The molecule has 0 spiro atoms. The molecular weight excluding hydrogens is 316 g/mol. The van der Waals surface area contributed by atoms with Gasteiger partial charge in [0.2, 0.25) is 0 Å². The second kappa shape index (κ2) is 9.62. The van der Waals surface area contributed by atoms with Crippen molar-refractivity contribution < 1.29 is 5.11 Å². The molecule has 1 aliphatic rings. The summed E-state index contributed by atoms with van der Waals surface area (Å²) < 4.78 is 0. The van der Waals surface area contributed by atoms with E-state index in [0.717, 1.165) is 12.0 Å². The van der Waals surface area contributed by atoms with E-state index >= 15 is 0 Å². The van der Waals surface area contributed by atoms with Gasteiger partial charge in [-0.15, -0.1) is 0 Å². The van der Waals surface area contributed by atoms with E-state index in [2.05, 4.69) is 24.8 Å². The SMILES string of the molecule is C=C(CCCCCCCc1ccc2c(c1)CCCC2)c1ccc(O)cc1. The zero-order valence-electron chi connectivity index (χ0n) is 16.0. The molecule has 0 saturated carbocycles. The summed E-state index contributed by atoms with van der Waals surface area (Å²) in [5.41, 5.74) is 7.07. The molecule has 0 fully saturated rings. The Kier molecular flexibility index (Phi) is 6.94. The zero-order chi connectivity index (χ0) is 18.2. The minimum absolute atomic E-state index is 0.320. The van der Waals surface area contributed by atoms with Gasteiger partial charge in [-0.3, -0.25) is 0 Å². The maximum atomic E-state index is 9.35. The molecule has 0 saturated heterocycles. The van der Waals surface area contributed by atoms with Gasteiger partial charge in [0.15, 0.2) is 0 Å². The minimum Gasteiger partial charge on any atom is -0.508 e. The molecule has 0 atom stereocenters. The van der Waals surface area contributed by atoms with Gasteiger partial charge < -0.3 is 5.11 Å². The lowest BCUT2D eigenvalue weighted by molar-refractivity contribution is 0.475. The number of benzene rings is 2. The van der Waals surface area contributed by atoms with Crippen molar-refractivity contribution in [1.82, 2.24) is 0 Å². The van der Waals surface area contributed by atoms with E-state index in [-0.39, 0.29) is 0 Å². The minimum atomic E-state index is 0.320. The summed E-state index contributed by atoms with van der Waals surface area (Å²) in [7, 11) is 0. The normalized spacial score (nSPS) is 13.4. The van der Waals surface area contributed by atoms with Crippen molar-refractivity contribution in [2.45, 2.75) is 70.6 Å². The number of phenolic OH excluding ortho intramolecular Hbond substituents is 1. The predicted molar refractivity (Wildman–Crippen MR) is 112 cm³/mol. The van der Waals surface area contributed by atoms with Crippen LogP contribution in [0.15, 0.2) is 49.0 Å². The first-order valence-electron chi connectivity index (χ1n) is 10.3. The van der Waals surface area contributed by atoms with Gasteiger partial charge in [-0.2, -0.15) is 0 Å². The Labute approximate surface area is 158 Å². The zero-order valence-corrected chi connectivity index (χ0v) is 16.0. The molecule has 1 N–H and O–H groups in total. The lowest BCUT2D eigenvalue weighted by Gasteiger charge is -2.16. The lowest BCUT2D eigenvalue weighted by atomic mass is 9.89. The summed E-state index contributed by atoms with van der Waals surface area (Å²) in [6.07, 6.45) is 14.0. The average Bonchev–Trinajstić information content (AvgIpc) is 2.67. The Morgan fingerprint density at radius 1 is 0.808 bits per heavy atom. The molecule has 3 rings (SSSR count). The summed E-state index contributed by atoms with van der Waals surface area (Å²) in [6, 6.07) is 14.6. The number of phenols is 1. The summed E-state index contributed by atoms with van der Waals surface area (Å²) >= 11 is 0. The van der Waals surface area contributed by atoms with Crippen LogP contribution in [0.3, 0.4) is 0 Å². The lowest BCUT2D eigenvalue weighted by Crippen LogP contribution is -2.03. The van der Waals surface area contributed by atoms with Crippen LogP contribution >= 0.6 is 0 Å². The molecule has 0 heterocycles. The summed E-state index contributed by atoms with van der Waals surface area (Å²) in [5, 5.41) is 9.35. The van der Waals surface area contributed by atoms with Crippen molar-refractivity contribution in [2.75, 3.05) is 0 Å². The van der Waals surface area contributed by atoms with Gasteiger partial charge in [0.1, 0.15) is 5.75 Å². The molecule has 1 aliphatic carbocycles. The highest BCUT2D eigenvalue weighted by molar-refractivity contribution is 5.63. The van der Waals surface area contributed by atoms with Crippen LogP contribution in [0.5, 0.6) is 5.75 Å². The molecule has 0 unspecified atom stereocenters. The number of allylic oxidation sites excluding steroid dienone is 1. The Balaban J connectivity index is 1.29. The van der Waals surface area contributed by atoms with Crippen LogP contribution in [-0.4, -0.2) is 5.11 Å². The number of fused-ring (bicyclic) bond motifs is 1. The topological polar surface area (TPSA) is 20.2 Å². The van der Waals surface area contributed by atoms with Crippen LogP contribution in [0.25, 0.3) is 5.57 Å². The second-order valence-corrected chi connectivity index (χ2v) is 7.73. The molecule has 2 aromatic rings. The Hall–Kier alpha value is -2.02. The van der Waals surface area contributed by atoms with Gasteiger partial charge in [-0.1, -0.05) is 56.2 Å². The van der Waals surface area contributed by atoms with Gasteiger partial charge >= 0.3 is 0 Å². The summed E-state index contributed by atoms with van der Waals surface area (Å²) in [6.45, 7) is 4.18. The van der Waals surface area contributed by atoms with Crippen molar-refractivity contribution in [1.29, 1.82) is 0 Å². The van der Waals surface area contributed by atoms with Crippen LogP contribution in [0.4, 0.5) is 0 Å². The first-order valence-corrected chi connectivity index (χ1v) is 10.3. The van der Waals surface area contributed by atoms with Crippen LogP contribution in [0, 0.1) is 0 Å². The van der Waals surface area contributed by atoms with Crippen molar-refractivity contribution in [3.8, 4) is 5.75 Å². The predicted octanol–water partition coefficient (Wildman–Crippen LogP) is 6.87. The van der Waals surface area contributed by atoms with Gasteiger partial charge in [0.05, 0.1) is 0 Å². The molecule has 0 aliphatic heterocycles. The maximum Gasteiger partial charge on any atom is 0.115 e. The van der Waals surface area contributed by atoms with E-state index in [0.29, 0.717) is 5.75 Å². The summed E-state index contributed by atoms with van der Waals surface area (Å²) in [4.78, 5) is 0. The van der Waals surface area contributed by atoms with Crippen LogP contribution in [0.1, 0.15) is 73.6 Å². The van der Waals surface area contributed by atoms with Gasteiger partial charge in [-0.05, 0) is 91.3 Å². The van der Waals surface area contributed by atoms with Crippen LogP contribution in [-0.2, 0) is 19.3 Å². The van der Waals surface area contributed by atoms with Gasteiger partial charge in [-0.25, -0.2) is 0 Å². The third-order valence-corrected chi connectivity index (χ3v) is 5.63. The smallest absolute Gasteiger partial charge is 0.115 e. The number of hydrogen-bond donors (Lipinski definition) is 1. The first kappa shape index (κ1) is 18.8. The highest BCUT2D eigenvalue weighted by Crippen LogP contribution is 2.24. The fraction of sp³-hybridized carbons (Fsp3) is 0.440. The Morgan fingerprint density at radius 2 is 1.50 bits per heavy atom. The van der Waals surface area contributed by atoms with Crippen molar-refractivity contribution in [2.24, 2.45) is 0 Å². The fourth-order valence-electron chi connectivity index (χ4n) is 3.98. The molecule has 0 bridgehead atoms. The van der Waals surface area contributed by atoms with Crippen LogP contribution < -0.4 is 0 Å². The Morgan fingerprint density at radius 3 is 2.31 bits per heavy atom. The van der Waals surface area contributed by atoms with E-state index in [1.807, 2.05) is 12.1 Å². The first-order chi connectivity index (χ1) is 12.7. The number of unbranched alkanes of at least 4 members (excludes halogenated alkanes) is 4. The molecular formula is C25H32O. The number of aromatic hydroxyl groups is 1. The van der Waals surface area contributed by atoms with E-state index in [1.54, 1.807) is 23.3 Å². The fourth-order valence-corrected chi connectivity index (χ4v) is 3.98. The highest BCUT2D eigenvalue weighted by atomic mass is 16.3. The number of aryl methyl sites for hydroxylation is 3. The van der Waals surface area contributed by atoms with Crippen molar-refractivity contribution in [3.05, 3.63) is 71.3 Å². The summed E-state index contributed by atoms with van der Waals surface area (Å²) in [5.74, 6) is 0.320. The van der Waals surface area contributed by atoms with Crippen LogP contribution in [0.2, 0.25) is 0 Å². The third-order valence-electron chi connectivity index (χ3n) is 5.63. The molecule has 0 radical (unpaired) electrons. The monoisotopic (exact) mass is 348 g/mol. The maximum absolute atomic E-state index is 9.35. The third kappa shape index (κ3) is 5.49. The van der Waals surface area contributed by atoms with E-state index in [4.69, 9.17) is 0 Å². The van der Waals surface area contributed by atoms with Crippen molar-refractivity contribution in [3.63, 3.8) is 0 Å². The highest BCUT2D eigenvalue weighted by Gasteiger charge is 2.09. The number of hydrogen-bond acceptors (Lipinski definition) is 1. The second-order valence-electron chi connectivity index (χ2n) is 7.73. The van der Waals surface area contributed by atoms with Gasteiger partial charge in [0, 0.05) is 0 Å². The quantitative estimate of drug-likeness (QED) is 0.490. The molecule has 2 aromatic carbocycles. The standard InChI is InChI=1S/C25H32O/c1-20(22-15-17-25(26)18-16-22)9-5-3-2-4-6-10-21-13-14-23-11-7-8-12-24(23)19-21/h13-19,26H,1-12H2. The molecule has 1 heteroatoms. The van der Waals surface area contributed by atoms with E-state index in [9.17, 15) is 5.11 Å². The number of rotatable bonds is 9. The molecule has 26 heavy (non-hydrogen) atoms. The molecule has 0 amide bonds. The van der Waals surface area contributed by atoms with E-state index in [1.165, 1.54) is 75.3 Å². The Bertz CT molecular complexity index is 711. The average molecular weight is 349 g/mol. The van der Waals surface area contributed by atoms with Crippen molar-refractivity contribution >= 4 is 5.57 Å². The molecule has 138 valence electrons. The van der Waals surface area contributed by atoms with E-state index < -0.39 is 0 Å². The van der Waals surface area contributed by atoms with Gasteiger partial charge in [0.25, 0.3) is 0 Å². The largest absolute Gasteiger partial charge is 0.508 e. The molecule has 1 nitrogen and oxygen atoms in total. The molecule has 0 aromatic heterocycles.